The molecule has 3 aromatic rings. The first-order valence-electron chi connectivity index (χ1n) is 12.2. The molecule has 0 spiro atoms. The van der Waals surface area contributed by atoms with Gasteiger partial charge in [0.15, 0.2) is 0 Å². The van der Waals surface area contributed by atoms with E-state index in [4.69, 9.17) is 16.3 Å². The Morgan fingerprint density at radius 2 is 2.03 bits per heavy atom. The molecule has 2 aromatic carbocycles. The highest BCUT2D eigenvalue weighted by molar-refractivity contribution is 6.31. The lowest BCUT2D eigenvalue weighted by Gasteiger charge is -2.15. The van der Waals surface area contributed by atoms with E-state index < -0.39 is 22.7 Å². The molecular weight excluding hydrogens is 535 g/mol. The van der Waals surface area contributed by atoms with Gasteiger partial charge in [-0.15, -0.1) is 0 Å². The Morgan fingerprint density at radius 3 is 2.79 bits per heavy atom. The first-order valence-corrected chi connectivity index (χ1v) is 12.5. The highest BCUT2D eigenvalue weighted by atomic mass is 35.5. The van der Waals surface area contributed by atoms with E-state index >= 15 is 0 Å². The molecule has 1 fully saturated rings. The number of likely N-dealkylation sites (tertiary alicyclic amines) is 1. The number of benzene rings is 2. The van der Waals surface area contributed by atoms with Crippen molar-refractivity contribution in [1.29, 1.82) is 0 Å². The van der Waals surface area contributed by atoms with E-state index in [-0.39, 0.29) is 11.6 Å². The van der Waals surface area contributed by atoms with Gasteiger partial charge in [0.05, 0.1) is 10.6 Å². The maximum absolute atomic E-state index is 13.0. The topological polar surface area (TPSA) is 96.5 Å². The third-order valence-corrected chi connectivity index (χ3v) is 6.07. The van der Waals surface area contributed by atoms with Gasteiger partial charge in [-0.3, -0.25) is 9.59 Å². The van der Waals surface area contributed by atoms with Gasteiger partial charge >= 0.3 is 6.18 Å². The molecule has 2 amide bonds. The van der Waals surface area contributed by atoms with Gasteiger partial charge in [0.2, 0.25) is 23.6 Å². The van der Waals surface area contributed by atoms with Gasteiger partial charge in [0.25, 0.3) is 0 Å². The van der Waals surface area contributed by atoms with Crippen LogP contribution in [0.15, 0.2) is 60.8 Å². The first-order chi connectivity index (χ1) is 18.7. The summed E-state index contributed by atoms with van der Waals surface area (Å²) in [6.45, 7) is 2.10. The van der Waals surface area contributed by atoms with E-state index in [1.807, 2.05) is 4.90 Å². The van der Waals surface area contributed by atoms with Crippen molar-refractivity contribution in [2.75, 3.05) is 30.3 Å². The van der Waals surface area contributed by atoms with E-state index in [0.29, 0.717) is 42.7 Å². The SMILES string of the molecule is O=C(C=Cc1cccc(Oc2ccnc(NCCCN3CCCC3=O)n2)c1)Nc1ccc(Cl)c(C(F)(F)F)c1. The molecule has 2 heterocycles. The van der Waals surface area contributed by atoms with Crippen molar-refractivity contribution < 1.29 is 27.5 Å². The molecule has 1 aromatic heterocycles. The second kappa shape index (κ2) is 12.6. The summed E-state index contributed by atoms with van der Waals surface area (Å²) in [6.07, 6.45) is 1.92. The third kappa shape index (κ3) is 8.18. The van der Waals surface area contributed by atoms with Crippen LogP contribution in [0.2, 0.25) is 5.02 Å². The van der Waals surface area contributed by atoms with Crippen LogP contribution in [0.1, 0.15) is 30.4 Å². The number of halogens is 4. The van der Waals surface area contributed by atoms with Crippen molar-refractivity contribution in [2.24, 2.45) is 0 Å². The maximum atomic E-state index is 13.0. The molecule has 0 bridgehead atoms. The molecule has 0 saturated carbocycles. The van der Waals surface area contributed by atoms with E-state index in [2.05, 4.69) is 20.6 Å². The highest BCUT2D eigenvalue weighted by Gasteiger charge is 2.33. The number of rotatable bonds is 10. The largest absolute Gasteiger partial charge is 0.439 e. The fraction of sp³-hybridized carbons (Fsp3) is 0.259. The molecule has 12 heteroatoms. The van der Waals surface area contributed by atoms with Crippen LogP contribution >= 0.6 is 11.6 Å². The number of amides is 2. The molecule has 8 nitrogen and oxygen atoms in total. The number of carbonyl (C=O) groups excluding carboxylic acids is 2. The fourth-order valence-electron chi connectivity index (χ4n) is 3.87. The Bertz CT molecular complexity index is 1370. The van der Waals surface area contributed by atoms with Crippen LogP contribution < -0.4 is 15.4 Å². The van der Waals surface area contributed by atoms with Gasteiger partial charge in [-0.25, -0.2) is 4.98 Å². The van der Waals surface area contributed by atoms with Gasteiger partial charge in [-0.1, -0.05) is 23.7 Å². The smallest absolute Gasteiger partial charge is 0.417 e. The van der Waals surface area contributed by atoms with Crippen LogP contribution in [0.4, 0.5) is 24.8 Å². The van der Waals surface area contributed by atoms with E-state index in [9.17, 15) is 22.8 Å². The summed E-state index contributed by atoms with van der Waals surface area (Å²) >= 11 is 5.61. The number of ether oxygens (including phenoxy) is 1. The minimum Gasteiger partial charge on any atom is -0.439 e. The number of aromatic nitrogens is 2. The Morgan fingerprint density at radius 1 is 1.18 bits per heavy atom. The number of alkyl halides is 3. The summed E-state index contributed by atoms with van der Waals surface area (Å²) in [5.41, 5.74) is -0.438. The van der Waals surface area contributed by atoms with Gasteiger partial charge in [-0.05, 0) is 54.8 Å². The lowest BCUT2D eigenvalue weighted by Crippen LogP contribution is -2.27. The van der Waals surface area contributed by atoms with Crippen LogP contribution in [-0.2, 0) is 15.8 Å². The number of anilines is 2. The molecule has 0 radical (unpaired) electrons. The predicted molar refractivity (Wildman–Crippen MR) is 142 cm³/mol. The summed E-state index contributed by atoms with van der Waals surface area (Å²) in [7, 11) is 0. The summed E-state index contributed by atoms with van der Waals surface area (Å²) in [5, 5.41) is 5.07. The minimum atomic E-state index is -4.64. The number of nitrogens with zero attached hydrogens (tertiary/aromatic N) is 3. The van der Waals surface area contributed by atoms with Crippen molar-refractivity contribution >= 4 is 41.1 Å². The van der Waals surface area contributed by atoms with Crippen molar-refractivity contribution in [3.63, 3.8) is 0 Å². The second-order valence-electron chi connectivity index (χ2n) is 8.67. The van der Waals surface area contributed by atoms with Crippen molar-refractivity contribution in [3.05, 3.63) is 77.0 Å². The zero-order valence-corrected chi connectivity index (χ0v) is 21.4. The van der Waals surface area contributed by atoms with Gasteiger partial charge in [0.1, 0.15) is 5.75 Å². The van der Waals surface area contributed by atoms with Crippen LogP contribution in [0.25, 0.3) is 6.08 Å². The Balaban J connectivity index is 1.31. The molecule has 2 N–H and O–H groups in total. The molecule has 0 aliphatic carbocycles. The van der Waals surface area contributed by atoms with Crippen LogP contribution in [-0.4, -0.2) is 46.3 Å². The summed E-state index contributed by atoms with van der Waals surface area (Å²) in [6, 6.07) is 11.6. The Labute approximate surface area is 227 Å². The fourth-order valence-corrected chi connectivity index (χ4v) is 4.10. The number of nitrogens with one attached hydrogen (secondary N) is 2. The maximum Gasteiger partial charge on any atom is 0.417 e. The molecule has 0 atom stereocenters. The first kappa shape index (κ1) is 27.9. The molecule has 4 rings (SSSR count). The zero-order valence-electron chi connectivity index (χ0n) is 20.7. The van der Waals surface area contributed by atoms with Gasteiger partial charge < -0.3 is 20.3 Å². The Hall–Kier alpha value is -4.12. The van der Waals surface area contributed by atoms with E-state index in [1.165, 1.54) is 18.2 Å². The standard InChI is InChI=1S/C27H25ClF3N5O3/c28-22-9-8-19(17-21(22)27(29,30)31)34-23(37)10-7-18-4-1-5-20(16-18)39-24-11-13-33-26(35-24)32-12-3-15-36-14-2-6-25(36)38/h1,4-5,7-11,13,16-17H,2-3,6,12,14-15H2,(H,34,37)(H,32,33,35). The van der Waals surface area contributed by atoms with Crippen molar-refractivity contribution in [2.45, 2.75) is 25.4 Å². The Kier molecular flexibility index (Phi) is 9.03. The van der Waals surface area contributed by atoms with E-state index in [0.717, 1.165) is 31.5 Å². The quantitative estimate of drug-likeness (QED) is 0.233. The van der Waals surface area contributed by atoms with Gasteiger partial charge in [-0.2, -0.15) is 18.2 Å². The number of carbonyl (C=O) groups is 2. The normalized spacial score (nSPS) is 13.6. The van der Waals surface area contributed by atoms with Crippen LogP contribution in [0, 0.1) is 0 Å². The lowest BCUT2D eigenvalue weighted by molar-refractivity contribution is -0.137. The van der Waals surface area contributed by atoms with E-state index in [1.54, 1.807) is 36.5 Å². The lowest BCUT2D eigenvalue weighted by atomic mass is 10.2. The zero-order chi connectivity index (χ0) is 27.8. The molecule has 0 unspecified atom stereocenters. The minimum absolute atomic E-state index is 0.0313. The average molecular weight is 560 g/mol. The number of hydrogen-bond donors (Lipinski definition) is 2. The molecule has 1 aliphatic rings. The summed E-state index contributed by atoms with van der Waals surface area (Å²) in [5.74, 6) is 0.744. The third-order valence-electron chi connectivity index (χ3n) is 5.74. The monoisotopic (exact) mass is 559 g/mol. The van der Waals surface area contributed by atoms with Crippen molar-refractivity contribution in [1.82, 2.24) is 14.9 Å². The summed E-state index contributed by atoms with van der Waals surface area (Å²) < 4.78 is 44.9. The van der Waals surface area contributed by atoms with Crippen LogP contribution in [0.3, 0.4) is 0 Å². The van der Waals surface area contributed by atoms with Crippen LogP contribution in [0.5, 0.6) is 11.6 Å². The predicted octanol–water partition coefficient (Wildman–Crippen LogP) is 6.02. The average Bonchev–Trinajstić information content (AvgIpc) is 3.31. The second-order valence-corrected chi connectivity index (χ2v) is 9.08. The molecule has 1 saturated heterocycles. The highest BCUT2D eigenvalue weighted by Crippen LogP contribution is 2.36. The van der Waals surface area contributed by atoms with Gasteiger partial charge in [0, 0.05) is 50.1 Å². The summed E-state index contributed by atoms with van der Waals surface area (Å²) in [4.78, 5) is 34.3. The molecule has 204 valence electrons. The molecular formula is C27H25ClF3N5O3. The molecule has 39 heavy (non-hydrogen) atoms. The molecule has 1 aliphatic heterocycles. The number of hydrogen-bond acceptors (Lipinski definition) is 6. The van der Waals surface area contributed by atoms with Crippen molar-refractivity contribution in [3.8, 4) is 11.6 Å².